The van der Waals surface area contributed by atoms with Crippen molar-refractivity contribution in [1.29, 1.82) is 0 Å². The van der Waals surface area contributed by atoms with Crippen molar-refractivity contribution in [3.05, 3.63) is 66.5 Å². The maximum atomic E-state index is 13.0. The number of hydrogen-bond acceptors (Lipinski definition) is 3. The summed E-state index contributed by atoms with van der Waals surface area (Å²) in [7, 11) is 0. The molecular weight excluding hydrogens is 333 g/mol. The first-order valence-electron chi connectivity index (χ1n) is 8.25. The van der Waals surface area contributed by atoms with E-state index in [-0.39, 0.29) is 24.1 Å². The van der Waals surface area contributed by atoms with Gasteiger partial charge in [-0.3, -0.25) is 9.59 Å². The summed E-state index contributed by atoms with van der Waals surface area (Å²) in [5, 5.41) is 10.7. The number of nitrogens with one attached hydrogen (secondary N) is 3. The van der Waals surface area contributed by atoms with Crippen LogP contribution in [0, 0.1) is 5.82 Å². The average Bonchev–Trinajstić information content (AvgIpc) is 2.76. The van der Waals surface area contributed by atoms with Gasteiger partial charge in [-0.2, -0.15) is 0 Å². The molecule has 0 unspecified atom stereocenters. The van der Waals surface area contributed by atoms with Gasteiger partial charge in [0.15, 0.2) is 0 Å². The number of carbonyl (C=O) groups excluding carboxylic acids is 2. The van der Waals surface area contributed by atoms with Gasteiger partial charge in [0.2, 0.25) is 11.8 Å². The van der Waals surface area contributed by atoms with Crippen LogP contribution in [0.15, 0.2) is 60.7 Å². The van der Waals surface area contributed by atoms with Gasteiger partial charge in [0.1, 0.15) is 11.9 Å². The lowest BCUT2D eigenvalue weighted by Gasteiger charge is -2.16. The van der Waals surface area contributed by atoms with Gasteiger partial charge in [-0.05, 0) is 41.8 Å². The summed E-state index contributed by atoms with van der Waals surface area (Å²) in [6.07, 6.45) is -0.0480. The Morgan fingerprint density at radius 3 is 2.42 bits per heavy atom. The Morgan fingerprint density at radius 2 is 1.69 bits per heavy atom. The lowest BCUT2D eigenvalue weighted by atomic mass is 10.1. The number of benzene rings is 3. The molecule has 6 heteroatoms. The maximum Gasteiger partial charge on any atom is 0.247 e. The van der Waals surface area contributed by atoms with E-state index < -0.39 is 6.04 Å². The first kappa shape index (κ1) is 16.1. The van der Waals surface area contributed by atoms with Crippen molar-refractivity contribution in [3.8, 4) is 0 Å². The predicted octanol–water partition coefficient (Wildman–Crippen LogP) is 3.74. The zero-order valence-electron chi connectivity index (χ0n) is 13.8. The van der Waals surface area contributed by atoms with Crippen molar-refractivity contribution in [3.63, 3.8) is 0 Å². The Hall–Kier alpha value is -3.41. The zero-order valence-corrected chi connectivity index (χ0v) is 13.8. The molecule has 1 heterocycles. The van der Waals surface area contributed by atoms with Crippen LogP contribution in [0.2, 0.25) is 0 Å². The van der Waals surface area contributed by atoms with Crippen LogP contribution in [0.4, 0.5) is 21.5 Å². The van der Waals surface area contributed by atoms with Crippen LogP contribution in [0.1, 0.15) is 6.42 Å². The highest BCUT2D eigenvalue weighted by Gasteiger charge is 2.26. The molecule has 0 saturated heterocycles. The number of hydrogen-bond donors (Lipinski definition) is 3. The summed E-state index contributed by atoms with van der Waals surface area (Å²) in [4.78, 5) is 24.9. The minimum Gasteiger partial charge on any atom is -0.373 e. The number of anilines is 3. The van der Waals surface area contributed by atoms with Gasteiger partial charge in [0.05, 0.1) is 12.1 Å². The van der Waals surface area contributed by atoms with Gasteiger partial charge in [0.25, 0.3) is 0 Å². The van der Waals surface area contributed by atoms with E-state index in [1.807, 2.05) is 36.4 Å². The summed E-state index contributed by atoms with van der Waals surface area (Å²) in [5.41, 5.74) is 2.00. The Morgan fingerprint density at radius 1 is 1.00 bits per heavy atom. The zero-order chi connectivity index (χ0) is 18.1. The Kier molecular flexibility index (Phi) is 4.01. The molecule has 0 saturated carbocycles. The first-order valence-corrected chi connectivity index (χ1v) is 8.25. The van der Waals surface area contributed by atoms with Crippen LogP contribution in [0.5, 0.6) is 0 Å². The molecular formula is C20H16FN3O2. The smallest absolute Gasteiger partial charge is 0.247 e. The fourth-order valence-electron chi connectivity index (χ4n) is 3.11. The minimum atomic E-state index is -0.714. The van der Waals surface area contributed by atoms with E-state index in [9.17, 15) is 14.0 Å². The van der Waals surface area contributed by atoms with E-state index in [4.69, 9.17) is 0 Å². The third-order valence-corrected chi connectivity index (χ3v) is 4.33. The number of amides is 2. The molecule has 3 N–H and O–H groups in total. The van der Waals surface area contributed by atoms with E-state index in [1.54, 1.807) is 0 Å². The van der Waals surface area contributed by atoms with Crippen molar-refractivity contribution >= 4 is 39.6 Å². The van der Waals surface area contributed by atoms with E-state index in [2.05, 4.69) is 16.0 Å². The maximum absolute atomic E-state index is 13.0. The summed E-state index contributed by atoms with van der Waals surface area (Å²) >= 11 is 0. The van der Waals surface area contributed by atoms with Crippen molar-refractivity contribution in [2.24, 2.45) is 0 Å². The van der Waals surface area contributed by atoms with Gasteiger partial charge < -0.3 is 16.0 Å². The monoisotopic (exact) mass is 349 g/mol. The SMILES string of the molecule is O=C(C[C@H]1Nc2cccc3cccc(c23)NC1=O)Nc1ccc(F)cc1. The van der Waals surface area contributed by atoms with Crippen molar-refractivity contribution < 1.29 is 14.0 Å². The first-order chi connectivity index (χ1) is 12.6. The molecule has 4 rings (SSSR count). The van der Waals surface area contributed by atoms with Crippen molar-refractivity contribution in [2.75, 3.05) is 16.0 Å². The molecule has 3 aromatic rings. The standard InChI is InChI=1S/C20H16FN3O2/c21-13-7-9-14(10-8-13)22-18(25)11-17-20(26)24-16-6-2-4-12-3-1-5-15(23-17)19(12)16/h1-10,17,23H,11H2,(H,22,25)(H,24,26)/t17-/m1/s1. The van der Waals surface area contributed by atoms with Crippen molar-refractivity contribution in [1.82, 2.24) is 0 Å². The molecule has 0 aromatic heterocycles. The van der Waals surface area contributed by atoms with E-state index in [0.717, 1.165) is 22.1 Å². The lowest BCUT2D eigenvalue weighted by Crippen LogP contribution is -2.36. The molecule has 0 aliphatic carbocycles. The quantitative estimate of drug-likeness (QED) is 0.675. The van der Waals surface area contributed by atoms with Gasteiger partial charge in [0, 0.05) is 16.8 Å². The Balaban J connectivity index is 1.55. The number of carbonyl (C=O) groups is 2. The second kappa shape index (κ2) is 6.48. The molecule has 5 nitrogen and oxygen atoms in total. The van der Waals surface area contributed by atoms with Crippen LogP contribution in [-0.2, 0) is 9.59 Å². The third-order valence-electron chi connectivity index (χ3n) is 4.33. The molecule has 130 valence electrons. The van der Waals surface area contributed by atoms with E-state index >= 15 is 0 Å². The highest BCUT2D eigenvalue weighted by molar-refractivity contribution is 6.13. The molecule has 0 radical (unpaired) electrons. The van der Waals surface area contributed by atoms with Crippen molar-refractivity contribution in [2.45, 2.75) is 12.5 Å². The fraction of sp³-hybridized carbons (Fsp3) is 0.100. The van der Waals surface area contributed by atoms with Crippen LogP contribution < -0.4 is 16.0 Å². The molecule has 1 aliphatic heterocycles. The van der Waals surface area contributed by atoms with Gasteiger partial charge >= 0.3 is 0 Å². The summed E-state index contributed by atoms with van der Waals surface area (Å²) < 4.78 is 13.0. The van der Waals surface area contributed by atoms with Gasteiger partial charge in [-0.1, -0.05) is 24.3 Å². The molecule has 1 atom stereocenters. The van der Waals surface area contributed by atoms with Crippen LogP contribution >= 0.6 is 0 Å². The molecule has 0 spiro atoms. The highest BCUT2D eigenvalue weighted by atomic mass is 19.1. The van der Waals surface area contributed by atoms with Crippen LogP contribution in [0.3, 0.4) is 0 Å². The molecule has 26 heavy (non-hydrogen) atoms. The second-order valence-electron chi connectivity index (χ2n) is 6.15. The average molecular weight is 349 g/mol. The Bertz CT molecular complexity index is 996. The topological polar surface area (TPSA) is 70.2 Å². The van der Waals surface area contributed by atoms with Gasteiger partial charge in [-0.25, -0.2) is 4.39 Å². The van der Waals surface area contributed by atoms with E-state index in [0.29, 0.717) is 5.69 Å². The normalized spacial score (nSPS) is 15.7. The Labute approximate surface area is 149 Å². The van der Waals surface area contributed by atoms with Crippen LogP contribution in [-0.4, -0.2) is 17.9 Å². The second-order valence-corrected chi connectivity index (χ2v) is 6.15. The third kappa shape index (κ3) is 3.09. The highest BCUT2D eigenvalue weighted by Crippen LogP contribution is 2.33. The number of halogens is 1. The minimum absolute atomic E-state index is 0.0480. The predicted molar refractivity (Wildman–Crippen MR) is 99.6 cm³/mol. The van der Waals surface area contributed by atoms with E-state index in [1.165, 1.54) is 24.3 Å². The molecule has 1 aliphatic rings. The summed E-state index contributed by atoms with van der Waals surface area (Å²) in [6.45, 7) is 0. The summed E-state index contributed by atoms with van der Waals surface area (Å²) in [6, 6.07) is 16.2. The van der Waals surface area contributed by atoms with Gasteiger partial charge in [-0.15, -0.1) is 0 Å². The molecule has 2 amide bonds. The fourth-order valence-corrected chi connectivity index (χ4v) is 3.11. The largest absolute Gasteiger partial charge is 0.373 e. The number of rotatable bonds is 3. The molecule has 0 bridgehead atoms. The molecule has 3 aromatic carbocycles. The van der Waals surface area contributed by atoms with Crippen LogP contribution in [0.25, 0.3) is 10.8 Å². The summed E-state index contributed by atoms with van der Waals surface area (Å²) in [5.74, 6) is -0.982. The lowest BCUT2D eigenvalue weighted by molar-refractivity contribution is -0.121. The molecule has 0 fully saturated rings.